The van der Waals surface area contributed by atoms with Gasteiger partial charge in [-0.25, -0.2) is 4.98 Å². The molecule has 0 saturated carbocycles. The van der Waals surface area contributed by atoms with E-state index < -0.39 is 5.97 Å². The van der Waals surface area contributed by atoms with Crippen LogP contribution in [0.25, 0.3) is 0 Å². The van der Waals surface area contributed by atoms with E-state index in [4.69, 9.17) is 10.5 Å². The largest absolute Gasteiger partial charge is 0.465 e. The summed E-state index contributed by atoms with van der Waals surface area (Å²) in [5.74, 6) is -0.518. The van der Waals surface area contributed by atoms with E-state index in [1.807, 2.05) is 0 Å². The number of nitrogen functional groups attached to an aromatic ring is 1. The summed E-state index contributed by atoms with van der Waals surface area (Å²) in [7, 11) is 0. The maximum atomic E-state index is 12.6. The molecule has 0 spiro atoms. The summed E-state index contributed by atoms with van der Waals surface area (Å²) in [6.07, 6.45) is 0.568. The Balaban J connectivity index is 1.66. The second kappa shape index (κ2) is 8.51. The molecular formula is C20H22N4O4. The molecule has 8 nitrogen and oxygen atoms in total. The molecular weight excluding hydrogens is 360 g/mol. The third-order valence-electron chi connectivity index (χ3n) is 4.42. The molecule has 1 aliphatic heterocycles. The Labute approximate surface area is 162 Å². The van der Waals surface area contributed by atoms with E-state index in [0.29, 0.717) is 35.6 Å². The molecule has 1 aliphatic rings. The molecule has 3 rings (SSSR count). The molecule has 2 amide bonds. The van der Waals surface area contributed by atoms with Crippen LogP contribution in [0.5, 0.6) is 0 Å². The van der Waals surface area contributed by atoms with Crippen LogP contribution in [0.1, 0.15) is 38.9 Å². The van der Waals surface area contributed by atoms with Crippen molar-refractivity contribution in [3.8, 4) is 0 Å². The van der Waals surface area contributed by atoms with Crippen molar-refractivity contribution in [3.63, 3.8) is 0 Å². The van der Waals surface area contributed by atoms with Gasteiger partial charge < -0.3 is 20.7 Å². The Morgan fingerprint density at radius 3 is 2.86 bits per heavy atom. The normalized spacial score (nSPS) is 13.0. The fourth-order valence-electron chi connectivity index (χ4n) is 3.06. The number of nitrogens with two attached hydrogens (primary N) is 1. The zero-order chi connectivity index (χ0) is 20.1. The summed E-state index contributed by atoms with van der Waals surface area (Å²) in [5, 5.41) is 2.80. The Morgan fingerprint density at radius 2 is 2.11 bits per heavy atom. The topological polar surface area (TPSA) is 115 Å². The van der Waals surface area contributed by atoms with Crippen LogP contribution in [-0.4, -0.2) is 47.4 Å². The summed E-state index contributed by atoms with van der Waals surface area (Å²) in [6.45, 7) is 2.60. The smallest absolute Gasteiger partial charge is 0.325 e. The lowest BCUT2D eigenvalue weighted by Crippen LogP contribution is -2.41. The van der Waals surface area contributed by atoms with Gasteiger partial charge in [0.15, 0.2) is 0 Å². The SMILES string of the molecule is CCOC(=O)CN1CCc2cc(C(=O)NCc3cccc(N)n3)ccc2C1=O. The van der Waals surface area contributed by atoms with Crippen LogP contribution in [0.2, 0.25) is 0 Å². The van der Waals surface area contributed by atoms with Crippen molar-refractivity contribution >= 4 is 23.6 Å². The molecule has 0 unspecified atom stereocenters. The first kappa shape index (κ1) is 19.3. The number of hydrogen-bond acceptors (Lipinski definition) is 6. The lowest BCUT2D eigenvalue weighted by atomic mass is 9.96. The molecule has 8 heteroatoms. The summed E-state index contributed by atoms with van der Waals surface area (Å²) < 4.78 is 4.90. The number of nitrogens with one attached hydrogen (secondary N) is 1. The number of benzene rings is 1. The lowest BCUT2D eigenvalue weighted by Gasteiger charge is -2.28. The second-order valence-electron chi connectivity index (χ2n) is 6.39. The highest BCUT2D eigenvalue weighted by molar-refractivity contribution is 6.00. The highest BCUT2D eigenvalue weighted by Gasteiger charge is 2.27. The number of amides is 2. The molecule has 0 radical (unpaired) electrons. The van der Waals surface area contributed by atoms with Crippen molar-refractivity contribution in [3.05, 3.63) is 58.8 Å². The molecule has 2 heterocycles. The van der Waals surface area contributed by atoms with Crippen molar-refractivity contribution in [2.45, 2.75) is 19.9 Å². The number of anilines is 1. The molecule has 2 aromatic rings. The second-order valence-corrected chi connectivity index (χ2v) is 6.39. The lowest BCUT2D eigenvalue weighted by molar-refractivity contribution is -0.143. The third kappa shape index (κ3) is 4.46. The molecule has 1 aromatic heterocycles. The number of hydrogen-bond donors (Lipinski definition) is 2. The van der Waals surface area contributed by atoms with E-state index in [-0.39, 0.29) is 31.5 Å². The predicted molar refractivity (Wildman–Crippen MR) is 103 cm³/mol. The van der Waals surface area contributed by atoms with Gasteiger partial charge in [0, 0.05) is 17.7 Å². The number of ether oxygens (including phenoxy) is 1. The van der Waals surface area contributed by atoms with Crippen LogP contribution >= 0.6 is 0 Å². The number of pyridine rings is 1. The minimum absolute atomic E-state index is 0.0679. The quantitative estimate of drug-likeness (QED) is 0.725. The number of nitrogens with zero attached hydrogens (tertiary/aromatic N) is 2. The van der Waals surface area contributed by atoms with Crippen molar-refractivity contribution in [1.29, 1.82) is 0 Å². The summed E-state index contributed by atoms with van der Waals surface area (Å²) in [4.78, 5) is 42.2. The molecule has 0 saturated heterocycles. The Bertz CT molecular complexity index is 913. The molecule has 0 aliphatic carbocycles. The maximum Gasteiger partial charge on any atom is 0.325 e. The van der Waals surface area contributed by atoms with Gasteiger partial charge in [-0.2, -0.15) is 0 Å². The van der Waals surface area contributed by atoms with Gasteiger partial charge in [0.2, 0.25) is 0 Å². The molecule has 0 fully saturated rings. The zero-order valence-corrected chi connectivity index (χ0v) is 15.6. The molecule has 0 bridgehead atoms. The van der Waals surface area contributed by atoms with Crippen molar-refractivity contribution in [2.75, 3.05) is 25.4 Å². The minimum Gasteiger partial charge on any atom is -0.465 e. The first-order valence-electron chi connectivity index (χ1n) is 9.05. The Hall–Kier alpha value is -3.42. The number of aromatic nitrogens is 1. The fraction of sp³-hybridized carbons (Fsp3) is 0.300. The average Bonchev–Trinajstić information content (AvgIpc) is 2.68. The van der Waals surface area contributed by atoms with Gasteiger partial charge >= 0.3 is 5.97 Å². The number of carbonyl (C=O) groups excluding carboxylic acids is 3. The van der Waals surface area contributed by atoms with Crippen LogP contribution in [0.15, 0.2) is 36.4 Å². The Kier molecular flexibility index (Phi) is 5.88. The van der Waals surface area contributed by atoms with Crippen LogP contribution < -0.4 is 11.1 Å². The monoisotopic (exact) mass is 382 g/mol. The van der Waals surface area contributed by atoms with Crippen LogP contribution in [0, 0.1) is 0 Å². The van der Waals surface area contributed by atoms with Gasteiger partial charge in [0.25, 0.3) is 11.8 Å². The summed E-state index contributed by atoms with van der Waals surface area (Å²) in [5.41, 5.74) is 8.06. The summed E-state index contributed by atoms with van der Waals surface area (Å²) in [6, 6.07) is 10.2. The first-order valence-corrected chi connectivity index (χ1v) is 9.05. The average molecular weight is 382 g/mol. The van der Waals surface area contributed by atoms with Crippen molar-refractivity contribution in [1.82, 2.24) is 15.2 Å². The van der Waals surface area contributed by atoms with Gasteiger partial charge in [-0.05, 0) is 49.2 Å². The van der Waals surface area contributed by atoms with E-state index in [9.17, 15) is 14.4 Å². The number of carbonyl (C=O) groups is 3. The van der Waals surface area contributed by atoms with E-state index in [1.54, 1.807) is 43.3 Å². The van der Waals surface area contributed by atoms with Gasteiger partial charge in [0.1, 0.15) is 12.4 Å². The maximum absolute atomic E-state index is 12.6. The molecule has 28 heavy (non-hydrogen) atoms. The highest BCUT2D eigenvalue weighted by atomic mass is 16.5. The van der Waals surface area contributed by atoms with Crippen molar-refractivity contribution in [2.24, 2.45) is 0 Å². The van der Waals surface area contributed by atoms with Crippen LogP contribution in [-0.2, 0) is 22.5 Å². The summed E-state index contributed by atoms with van der Waals surface area (Å²) >= 11 is 0. The third-order valence-corrected chi connectivity index (χ3v) is 4.42. The van der Waals surface area contributed by atoms with Crippen LogP contribution in [0.4, 0.5) is 5.82 Å². The van der Waals surface area contributed by atoms with E-state index >= 15 is 0 Å². The van der Waals surface area contributed by atoms with E-state index in [1.165, 1.54) is 4.90 Å². The molecule has 3 N–H and O–H groups in total. The van der Waals surface area contributed by atoms with E-state index in [2.05, 4.69) is 10.3 Å². The number of rotatable bonds is 6. The molecule has 146 valence electrons. The fourth-order valence-corrected chi connectivity index (χ4v) is 3.06. The van der Waals surface area contributed by atoms with Gasteiger partial charge in [-0.1, -0.05) is 6.07 Å². The van der Waals surface area contributed by atoms with Gasteiger partial charge in [-0.3, -0.25) is 14.4 Å². The minimum atomic E-state index is -0.426. The van der Waals surface area contributed by atoms with E-state index in [0.717, 1.165) is 5.56 Å². The van der Waals surface area contributed by atoms with Gasteiger partial charge in [-0.15, -0.1) is 0 Å². The first-order chi connectivity index (χ1) is 13.5. The number of fused-ring (bicyclic) bond motifs is 1. The van der Waals surface area contributed by atoms with Crippen LogP contribution in [0.3, 0.4) is 0 Å². The standard InChI is InChI=1S/C20H22N4O4/c1-2-28-18(25)12-24-9-8-13-10-14(6-7-16(13)20(24)27)19(26)22-11-15-4-3-5-17(21)23-15/h3-7,10H,2,8-9,11-12H2,1H3,(H2,21,23)(H,22,26). The molecule has 0 atom stereocenters. The van der Waals surface area contributed by atoms with Crippen molar-refractivity contribution < 1.29 is 19.1 Å². The van der Waals surface area contributed by atoms with Gasteiger partial charge in [0.05, 0.1) is 18.8 Å². The Morgan fingerprint density at radius 1 is 1.29 bits per heavy atom. The predicted octanol–water partition coefficient (Wildman–Crippen LogP) is 1.16. The highest BCUT2D eigenvalue weighted by Crippen LogP contribution is 2.20. The molecule has 1 aromatic carbocycles. The zero-order valence-electron chi connectivity index (χ0n) is 15.6. The number of esters is 1.